The summed E-state index contributed by atoms with van der Waals surface area (Å²) in [6.07, 6.45) is 6.73. The average molecular weight is 478 g/mol. The molecule has 0 saturated carbocycles. The summed E-state index contributed by atoms with van der Waals surface area (Å²) in [7, 11) is 0. The van der Waals surface area contributed by atoms with Crippen LogP contribution in [0.1, 0.15) is 31.9 Å². The summed E-state index contributed by atoms with van der Waals surface area (Å²) in [6, 6.07) is 1.84. The van der Waals surface area contributed by atoms with Crippen LogP contribution in [0.25, 0.3) is 0 Å². The predicted molar refractivity (Wildman–Crippen MR) is 123 cm³/mol. The van der Waals surface area contributed by atoms with Crippen LogP contribution in [-0.2, 0) is 11.3 Å². The molecule has 0 amide bonds. The number of nitrogens with zero attached hydrogens (tertiary/aromatic N) is 5. The van der Waals surface area contributed by atoms with E-state index in [1.165, 1.54) is 11.8 Å². The van der Waals surface area contributed by atoms with Gasteiger partial charge in [-0.15, -0.1) is 0 Å². The molecule has 2 aromatic heterocycles. The molecule has 5 rings (SSSR count). The molecule has 0 aliphatic carbocycles. The number of ether oxygens (including phenoxy) is 1. The number of aliphatic hydroxyl groups excluding tert-OH is 2. The third-order valence-corrected chi connectivity index (χ3v) is 8.13. The Morgan fingerprint density at radius 3 is 2.66 bits per heavy atom. The van der Waals surface area contributed by atoms with Gasteiger partial charge in [0.2, 0.25) is 0 Å². The molecule has 3 aliphatic heterocycles. The Bertz CT molecular complexity index is 982. The van der Waals surface area contributed by atoms with E-state index in [0.29, 0.717) is 46.2 Å². The van der Waals surface area contributed by atoms with E-state index in [-0.39, 0.29) is 12.7 Å². The van der Waals surface area contributed by atoms with Crippen LogP contribution in [-0.4, -0.2) is 70.2 Å². The fourth-order valence-corrected chi connectivity index (χ4v) is 6.01. The number of rotatable bonds is 5. The van der Waals surface area contributed by atoms with Crippen molar-refractivity contribution in [2.45, 2.75) is 54.9 Å². The number of piperidine rings is 1. The van der Waals surface area contributed by atoms with Gasteiger partial charge in [-0.05, 0) is 37.7 Å². The molecule has 1 spiro atoms. The smallest absolute Gasteiger partial charge is 0.152 e. The summed E-state index contributed by atoms with van der Waals surface area (Å²) in [5.41, 5.74) is 0.874. The van der Waals surface area contributed by atoms with Gasteiger partial charge < -0.3 is 24.7 Å². The van der Waals surface area contributed by atoms with E-state index in [2.05, 4.69) is 26.8 Å². The maximum absolute atomic E-state index is 9.99. The monoisotopic (exact) mass is 477 g/mol. The van der Waals surface area contributed by atoms with Crippen molar-refractivity contribution >= 4 is 35.0 Å². The Hall–Kier alpha value is -1.65. The van der Waals surface area contributed by atoms with Gasteiger partial charge in [-0.1, -0.05) is 23.4 Å². The molecule has 3 fully saturated rings. The van der Waals surface area contributed by atoms with Gasteiger partial charge in [0, 0.05) is 37.3 Å². The van der Waals surface area contributed by atoms with Crippen molar-refractivity contribution < 1.29 is 14.9 Å². The van der Waals surface area contributed by atoms with Crippen LogP contribution < -0.4 is 9.80 Å². The van der Waals surface area contributed by atoms with Crippen molar-refractivity contribution in [1.82, 2.24) is 15.0 Å². The van der Waals surface area contributed by atoms with Crippen molar-refractivity contribution in [3.05, 3.63) is 29.2 Å². The minimum Gasteiger partial charge on any atom is -0.390 e. The number of hydrogen-bond acceptors (Lipinski definition) is 9. The molecule has 1 unspecified atom stereocenters. The lowest BCUT2D eigenvalue weighted by Crippen LogP contribution is -2.51. The highest BCUT2D eigenvalue weighted by atomic mass is 35.5. The Morgan fingerprint density at radius 1 is 1.22 bits per heavy atom. The summed E-state index contributed by atoms with van der Waals surface area (Å²) in [5, 5.41) is 20.8. The van der Waals surface area contributed by atoms with Gasteiger partial charge >= 0.3 is 0 Å². The number of aliphatic hydroxyl groups is 2. The minimum absolute atomic E-state index is 0.167. The summed E-state index contributed by atoms with van der Waals surface area (Å²) >= 11 is 7.99. The van der Waals surface area contributed by atoms with Crippen LogP contribution >= 0.6 is 23.4 Å². The highest BCUT2D eigenvalue weighted by molar-refractivity contribution is 7.99. The molecule has 2 aromatic rings. The first kappa shape index (κ1) is 22.2. The van der Waals surface area contributed by atoms with Gasteiger partial charge in [-0.25, -0.2) is 15.0 Å². The van der Waals surface area contributed by atoms with E-state index >= 15 is 0 Å². The molecule has 32 heavy (non-hydrogen) atoms. The van der Waals surface area contributed by atoms with Gasteiger partial charge in [-0.2, -0.15) is 0 Å². The van der Waals surface area contributed by atoms with Crippen LogP contribution in [0.15, 0.2) is 28.4 Å². The minimum atomic E-state index is -0.330. The number of aromatic nitrogens is 3. The highest BCUT2D eigenvalue weighted by Crippen LogP contribution is 2.43. The van der Waals surface area contributed by atoms with Crippen molar-refractivity contribution in [2.24, 2.45) is 5.41 Å². The van der Waals surface area contributed by atoms with Gasteiger partial charge in [-0.3, -0.25) is 0 Å². The molecule has 0 radical (unpaired) electrons. The summed E-state index contributed by atoms with van der Waals surface area (Å²) in [4.78, 5) is 18.7. The van der Waals surface area contributed by atoms with E-state index in [1.807, 2.05) is 11.0 Å². The Labute approximate surface area is 197 Å². The zero-order valence-electron chi connectivity index (χ0n) is 18.1. The van der Waals surface area contributed by atoms with E-state index < -0.39 is 0 Å². The molecule has 3 aliphatic rings. The van der Waals surface area contributed by atoms with E-state index in [9.17, 15) is 10.2 Å². The first-order valence-corrected chi connectivity index (χ1v) is 12.2. The lowest BCUT2D eigenvalue weighted by molar-refractivity contribution is 0.0975. The molecular weight excluding hydrogens is 450 g/mol. The second kappa shape index (κ2) is 8.95. The number of halogens is 1. The van der Waals surface area contributed by atoms with Gasteiger partial charge in [0.05, 0.1) is 36.6 Å². The number of β-amino-alcohol motifs (C(OH)–C–C–N with tert-alkyl or cyclic N) is 1. The fraction of sp³-hybridized carbons (Fsp3) is 0.591. The first-order chi connectivity index (χ1) is 15.5. The van der Waals surface area contributed by atoms with Crippen molar-refractivity contribution in [3.8, 4) is 0 Å². The Kier molecular flexibility index (Phi) is 6.19. The molecule has 2 N–H and O–H groups in total. The quantitative estimate of drug-likeness (QED) is 0.673. The van der Waals surface area contributed by atoms with Crippen molar-refractivity contribution in [2.75, 3.05) is 42.6 Å². The molecule has 0 aromatic carbocycles. The summed E-state index contributed by atoms with van der Waals surface area (Å²) < 4.78 is 5.83. The molecule has 8 nitrogen and oxygen atoms in total. The zero-order valence-corrected chi connectivity index (χ0v) is 19.6. The number of anilines is 2. The zero-order chi connectivity index (χ0) is 22.3. The highest BCUT2D eigenvalue weighted by Gasteiger charge is 2.41. The molecule has 5 heterocycles. The third kappa shape index (κ3) is 4.28. The van der Waals surface area contributed by atoms with Crippen molar-refractivity contribution in [3.63, 3.8) is 0 Å². The SMILES string of the molecule is CC1CC2(CCN(c3ncc(Sc4ccnc(N5CC(O)C5)c4Cl)nc3CO)CC2)CO1. The molecule has 1 atom stereocenters. The number of pyridine rings is 1. The lowest BCUT2D eigenvalue weighted by atomic mass is 9.77. The summed E-state index contributed by atoms with van der Waals surface area (Å²) in [5.74, 6) is 1.43. The van der Waals surface area contributed by atoms with Crippen LogP contribution in [0, 0.1) is 5.41 Å². The third-order valence-electron chi connectivity index (χ3n) is 6.68. The van der Waals surface area contributed by atoms with E-state index in [1.54, 1.807) is 12.4 Å². The lowest BCUT2D eigenvalue weighted by Gasteiger charge is -2.39. The molecule has 10 heteroatoms. The predicted octanol–water partition coefficient (Wildman–Crippen LogP) is 2.74. The molecular formula is C22H28ClN5O3S. The second-order valence-corrected chi connectivity index (χ2v) is 10.5. The van der Waals surface area contributed by atoms with Crippen LogP contribution in [0.5, 0.6) is 0 Å². The molecule has 172 valence electrons. The summed E-state index contributed by atoms with van der Waals surface area (Å²) in [6.45, 7) is 5.69. The Balaban J connectivity index is 1.30. The average Bonchev–Trinajstić information content (AvgIpc) is 3.14. The maximum atomic E-state index is 9.99. The number of hydrogen-bond donors (Lipinski definition) is 2. The van der Waals surface area contributed by atoms with Gasteiger partial charge in [0.15, 0.2) is 5.82 Å². The van der Waals surface area contributed by atoms with E-state index in [4.69, 9.17) is 16.3 Å². The topological polar surface area (TPSA) is 94.8 Å². The largest absolute Gasteiger partial charge is 0.390 e. The van der Waals surface area contributed by atoms with E-state index in [0.717, 1.165) is 49.7 Å². The first-order valence-electron chi connectivity index (χ1n) is 11.0. The van der Waals surface area contributed by atoms with Crippen LogP contribution in [0.2, 0.25) is 5.02 Å². The van der Waals surface area contributed by atoms with Crippen LogP contribution in [0.3, 0.4) is 0 Å². The standard InChI is InChI=1S/C22H28ClN5O3S/c1-14-8-22(13-31-14)3-6-27(7-4-22)20-16(12-29)26-18(9-25-20)32-17-2-5-24-21(19(17)23)28-10-15(30)11-28/h2,5,9,14-15,29-30H,3-4,6-8,10-13H2,1H3. The van der Waals surface area contributed by atoms with Crippen LogP contribution in [0.4, 0.5) is 11.6 Å². The van der Waals surface area contributed by atoms with Crippen molar-refractivity contribution in [1.29, 1.82) is 0 Å². The molecule has 3 saturated heterocycles. The Morgan fingerprint density at radius 2 is 2.00 bits per heavy atom. The normalized spacial score (nSPS) is 23.1. The fourth-order valence-electron chi connectivity index (χ4n) is 4.87. The van der Waals surface area contributed by atoms with Gasteiger partial charge in [0.1, 0.15) is 16.5 Å². The second-order valence-electron chi connectivity index (χ2n) is 9.06. The molecule has 0 bridgehead atoms. The maximum Gasteiger partial charge on any atom is 0.152 e. The van der Waals surface area contributed by atoms with Gasteiger partial charge in [0.25, 0.3) is 0 Å².